The normalized spacial score (nSPS) is 10.4. The summed E-state index contributed by atoms with van der Waals surface area (Å²) in [5.41, 5.74) is 0. The van der Waals surface area contributed by atoms with Crippen LogP contribution in [-0.4, -0.2) is 49.5 Å². The first-order valence-corrected chi connectivity index (χ1v) is 8.52. The van der Waals surface area contributed by atoms with Crippen LogP contribution in [-0.2, 0) is 0 Å². The summed E-state index contributed by atoms with van der Waals surface area (Å²) in [6.07, 6.45) is 20.7. The van der Waals surface area contributed by atoms with Gasteiger partial charge in [-0.1, -0.05) is 96.8 Å². The molecule has 0 aliphatic rings. The zero-order valence-corrected chi connectivity index (χ0v) is 12.8. The maximum atomic E-state index is 8.66. The van der Waals surface area contributed by atoms with Crippen molar-refractivity contribution >= 4 is 37.7 Å². The number of unbranched alkanes of at least 4 members (excludes halogenated alkanes) is 14. The van der Waals surface area contributed by atoms with Crippen molar-refractivity contribution < 1.29 is 5.11 Å². The number of hydrogen-bond acceptors (Lipinski definition) is 1. The molecule has 0 radical (unpaired) electrons. The Morgan fingerprint density at radius 2 is 0.737 bits per heavy atom. The summed E-state index contributed by atoms with van der Waals surface area (Å²) in [5.74, 6) is 0. The van der Waals surface area contributed by atoms with Gasteiger partial charge in [0.1, 0.15) is 0 Å². The Morgan fingerprint density at radius 1 is 0.474 bits per heavy atom. The SMILES string of the molecule is CCCCCCCCCCCCCCCCCO.[CaH2]. The van der Waals surface area contributed by atoms with E-state index in [2.05, 4.69) is 6.92 Å². The molecule has 0 aromatic heterocycles. The maximum absolute atomic E-state index is 8.66. The van der Waals surface area contributed by atoms with E-state index in [0.29, 0.717) is 6.61 Å². The van der Waals surface area contributed by atoms with E-state index >= 15 is 0 Å². The predicted molar refractivity (Wildman–Crippen MR) is 90.6 cm³/mol. The summed E-state index contributed by atoms with van der Waals surface area (Å²) in [7, 11) is 0. The van der Waals surface area contributed by atoms with Gasteiger partial charge in [-0.15, -0.1) is 0 Å². The quantitative estimate of drug-likeness (QED) is 0.335. The Labute approximate surface area is 151 Å². The van der Waals surface area contributed by atoms with Crippen molar-refractivity contribution in [2.24, 2.45) is 0 Å². The van der Waals surface area contributed by atoms with Crippen LogP contribution in [0.4, 0.5) is 0 Å². The predicted octanol–water partition coefficient (Wildman–Crippen LogP) is 4.93. The van der Waals surface area contributed by atoms with E-state index in [1.165, 1.54) is 89.9 Å². The van der Waals surface area contributed by atoms with E-state index in [9.17, 15) is 0 Å². The van der Waals surface area contributed by atoms with Gasteiger partial charge in [0.05, 0.1) is 0 Å². The van der Waals surface area contributed by atoms with E-state index in [0.717, 1.165) is 6.42 Å². The molecule has 0 aromatic rings. The number of rotatable bonds is 15. The van der Waals surface area contributed by atoms with Crippen molar-refractivity contribution in [3.8, 4) is 0 Å². The number of aliphatic hydroxyl groups is 1. The van der Waals surface area contributed by atoms with Gasteiger partial charge in [-0.25, -0.2) is 0 Å². The van der Waals surface area contributed by atoms with Crippen molar-refractivity contribution in [2.45, 2.75) is 103 Å². The monoisotopic (exact) mass is 298 g/mol. The molecule has 0 aromatic carbocycles. The molecule has 1 nitrogen and oxygen atoms in total. The average molecular weight is 299 g/mol. The molecule has 0 heterocycles. The number of hydrogen-bond donors (Lipinski definition) is 1. The molecule has 0 aliphatic heterocycles. The average Bonchev–Trinajstić information content (AvgIpc) is 2.39. The summed E-state index contributed by atoms with van der Waals surface area (Å²) in [6.45, 7) is 2.65. The van der Waals surface area contributed by atoms with Crippen LogP contribution in [0.2, 0.25) is 0 Å². The molecule has 0 fully saturated rings. The van der Waals surface area contributed by atoms with Gasteiger partial charge < -0.3 is 5.11 Å². The van der Waals surface area contributed by atoms with Gasteiger partial charge in [0.25, 0.3) is 0 Å². The molecule has 0 atom stereocenters. The third-order valence-electron chi connectivity index (χ3n) is 3.76. The van der Waals surface area contributed by atoms with Gasteiger partial charge in [0.2, 0.25) is 0 Å². The molecule has 19 heavy (non-hydrogen) atoms. The van der Waals surface area contributed by atoms with Gasteiger partial charge in [-0.2, -0.15) is 0 Å². The summed E-state index contributed by atoms with van der Waals surface area (Å²) in [4.78, 5) is 0. The second-order valence-electron chi connectivity index (χ2n) is 5.67. The first-order valence-electron chi connectivity index (χ1n) is 8.52. The molecule has 2 heteroatoms. The van der Waals surface area contributed by atoms with E-state index in [4.69, 9.17) is 5.11 Å². The van der Waals surface area contributed by atoms with Crippen LogP contribution in [0.1, 0.15) is 103 Å². The first kappa shape index (κ1) is 22.5. The van der Waals surface area contributed by atoms with Gasteiger partial charge in [-0.3, -0.25) is 0 Å². The summed E-state index contributed by atoms with van der Waals surface area (Å²) in [6, 6.07) is 0. The fraction of sp³-hybridized carbons (Fsp3) is 1.00. The summed E-state index contributed by atoms with van der Waals surface area (Å²) < 4.78 is 0. The summed E-state index contributed by atoms with van der Waals surface area (Å²) in [5, 5.41) is 8.66. The first-order chi connectivity index (χ1) is 8.91. The molecule has 0 amide bonds. The molecule has 0 saturated heterocycles. The van der Waals surface area contributed by atoms with Crippen molar-refractivity contribution in [1.82, 2.24) is 0 Å². The Morgan fingerprint density at radius 3 is 1.00 bits per heavy atom. The zero-order valence-electron chi connectivity index (χ0n) is 12.8. The molecule has 0 rings (SSSR count). The standard InChI is InChI=1S/C17H36O.Ca.2H/c1-2-3-4-5-6-7-8-9-10-11-12-13-14-15-16-17-18;;;/h18H,2-17H2,1H3;;;. The minimum atomic E-state index is 0. The molecule has 0 spiro atoms. The second-order valence-corrected chi connectivity index (χ2v) is 5.67. The van der Waals surface area contributed by atoms with Gasteiger partial charge in [0.15, 0.2) is 0 Å². The number of aliphatic hydroxyl groups excluding tert-OH is 1. The van der Waals surface area contributed by atoms with Crippen LogP contribution in [0.25, 0.3) is 0 Å². The van der Waals surface area contributed by atoms with Crippen molar-refractivity contribution in [2.75, 3.05) is 6.61 Å². The molecule has 1 N–H and O–H groups in total. The van der Waals surface area contributed by atoms with Crippen molar-refractivity contribution in [3.63, 3.8) is 0 Å². The van der Waals surface area contributed by atoms with Crippen LogP contribution in [0.3, 0.4) is 0 Å². The molecule has 0 aliphatic carbocycles. The third kappa shape index (κ3) is 21.7. The van der Waals surface area contributed by atoms with E-state index in [1.54, 1.807) is 0 Å². The molecule has 0 bridgehead atoms. The van der Waals surface area contributed by atoms with E-state index in [-0.39, 0.29) is 37.7 Å². The molecule has 0 unspecified atom stereocenters. The zero-order chi connectivity index (χ0) is 13.3. The second kappa shape index (κ2) is 21.5. The van der Waals surface area contributed by atoms with Crippen molar-refractivity contribution in [1.29, 1.82) is 0 Å². The Hall–Kier alpha value is 1.22. The van der Waals surface area contributed by atoms with Crippen LogP contribution in [0.15, 0.2) is 0 Å². The van der Waals surface area contributed by atoms with E-state index < -0.39 is 0 Å². The third-order valence-corrected chi connectivity index (χ3v) is 3.76. The molecular formula is C17H38CaO. The Bertz CT molecular complexity index is 123. The van der Waals surface area contributed by atoms with E-state index in [1.807, 2.05) is 0 Å². The summed E-state index contributed by atoms with van der Waals surface area (Å²) >= 11 is 0. The molecule has 114 valence electrons. The van der Waals surface area contributed by atoms with Crippen LogP contribution in [0, 0.1) is 0 Å². The van der Waals surface area contributed by atoms with Crippen LogP contribution < -0.4 is 0 Å². The minimum absolute atomic E-state index is 0. The van der Waals surface area contributed by atoms with Gasteiger partial charge >= 0.3 is 37.7 Å². The van der Waals surface area contributed by atoms with Gasteiger partial charge in [0, 0.05) is 6.61 Å². The fourth-order valence-electron chi connectivity index (χ4n) is 2.48. The fourth-order valence-corrected chi connectivity index (χ4v) is 2.48. The van der Waals surface area contributed by atoms with Crippen LogP contribution >= 0.6 is 0 Å². The Kier molecular flexibility index (Phi) is 25.5. The molecule has 0 saturated carbocycles. The van der Waals surface area contributed by atoms with Crippen LogP contribution in [0.5, 0.6) is 0 Å². The van der Waals surface area contributed by atoms with Gasteiger partial charge in [-0.05, 0) is 6.42 Å². The molecular weight excluding hydrogens is 260 g/mol. The van der Waals surface area contributed by atoms with Crippen molar-refractivity contribution in [3.05, 3.63) is 0 Å². The topological polar surface area (TPSA) is 20.2 Å². The Balaban J connectivity index is 0.